The fraction of sp³-hybridized carbons (Fsp3) is 0.545. The molecule has 0 fully saturated rings. The highest BCUT2D eigenvalue weighted by molar-refractivity contribution is 5.88. The van der Waals surface area contributed by atoms with Crippen LogP contribution < -0.4 is 0 Å². The summed E-state index contributed by atoms with van der Waals surface area (Å²) in [6.07, 6.45) is 5.69. The van der Waals surface area contributed by atoms with Crippen molar-refractivity contribution < 1.29 is 9.53 Å². The monoisotopic (exact) mass is 180 g/mol. The van der Waals surface area contributed by atoms with Gasteiger partial charge in [-0.3, -0.25) is 0 Å². The zero-order valence-corrected chi connectivity index (χ0v) is 8.14. The Balaban J connectivity index is 3.45. The van der Waals surface area contributed by atoms with Crippen LogP contribution in [0.1, 0.15) is 32.6 Å². The van der Waals surface area contributed by atoms with Gasteiger partial charge in [-0.15, -0.1) is 0 Å². The highest BCUT2D eigenvalue weighted by atomic mass is 16.5. The molecular formula is C11H16O2. The van der Waals surface area contributed by atoms with Crippen LogP contribution in [0.15, 0.2) is 12.7 Å². The van der Waals surface area contributed by atoms with Gasteiger partial charge in [0.2, 0.25) is 0 Å². The second-order valence-corrected chi connectivity index (χ2v) is 2.65. The highest BCUT2D eigenvalue weighted by Crippen LogP contribution is 1.96. The summed E-state index contributed by atoms with van der Waals surface area (Å²) in [6.45, 7) is 5.80. The molecule has 0 unspecified atom stereocenters. The summed E-state index contributed by atoms with van der Waals surface area (Å²) in [4.78, 5) is 10.8. The van der Waals surface area contributed by atoms with Gasteiger partial charge in [-0.1, -0.05) is 38.3 Å². The largest absolute Gasteiger partial charge is 0.452 e. The van der Waals surface area contributed by atoms with Crippen molar-refractivity contribution in [2.24, 2.45) is 0 Å². The minimum atomic E-state index is -0.462. The van der Waals surface area contributed by atoms with Gasteiger partial charge in [0, 0.05) is 12.3 Å². The smallest absolute Gasteiger partial charge is 0.384 e. The van der Waals surface area contributed by atoms with Gasteiger partial charge in [0.25, 0.3) is 0 Å². The van der Waals surface area contributed by atoms with Crippen molar-refractivity contribution in [1.29, 1.82) is 0 Å². The van der Waals surface area contributed by atoms with Crippen molar-refractivity contribution in [2.75, 3.05) is 6.61 Å². The first-order chi connectivity index (χ1) is 6.31. The summed E-state index contributed by atoms with van der Waals surface area (Å²) >= 11 is 0. The Morgan fingerprint density at radius 2 is 2.31 bits per heavy atom. The average Bonchev–Trinajstić information content (AvgIpc) is 2.14. The van der Waals surface area contributed by atoms with E-state index in [9.17, 15) is 4.79 Å². The summed E-state index contributed by atoms with van der Waals surface area (Å²) < 4.78 is 4.67. The molecule has 0 amide bonds. The predicted octanol–water partition coefficient (Wildman–Crippen LogP) is 2.30. The third-order valence-corrected chi connectivity index (χ3v) is 1.43. The normalized spacial score (nSPS) is 8.38. The van der Waals surface area contributed by atoms with Crippen LogP contribution in [0.5, 0.6) is 0 Å². The quantitative estimate of drug-likeness (QED) is 0.213. The van der Waals surface area contributed by atoms with Gasteiger partial charge in [0.15, 0.2) is 0 Å². The van der Waals surface area contributed by atoms with Crippen LogP contribution in [0, 0.1) is 11.8 Å². The van der Waals surface area contributed by atoms with Crippen molar-refractivity contribution in [3.63, 3.8) is 0 Å². The first-order valence-corrected chi connectivity index (χ1v) is 4.57. The van der Waals surface area contributed by atoms with Crippen molar-refractivity contribution in [3.8, 4) is 11.8 Å². The zero-order chi connectivity index (χ0) is 9.94. The molecule has 0 aliphatic carbocycles. The number of rotatable bonds is 5. The third-order valence-electron chi connectivity index (χ3n) is 1.43. The van der Waals surface area contributed by atoms with Crippen LogP contribution in [0.4, 0.5) is 0 Å². The number of carbonyl (C=O) groups is 1. The lowest BCUT2D eigenvalue weighted by Gasteiger charge is -1.92. The number of unbranched alkanes of at least 4 members (excludes halogenated alkanes) is 3. The fourth-order valence-corrected chi connectivity index (χ4v) is 0.769. The fourth-order valence-electron chi connectivity index (χ4n) is 0.769. The topological polar surface area (TPSA) is 26.3 Å². The highest BCUT2D eigenvalue weighted by Gasteiger charge is 1.91. The molecule has 0 bridgehead atoms. The first-order valence-electron chi connectivity index (χ1n) is 4.57. The van der Waals surface area contributed by atoms with E-state index in [2.05, 4.69) is 30.1 Å². The number of esters is 1. The maximum atomic E-state index is 10.8. The molecule has 0 aliphatic rings. The van der Waals surface area contributed by atoms with Gasteiger partial charge in [-0.05, 0) is 6.42 Å². The van der Waals surface area contributed by atoms with E-state index >= 15 is 0 Å². The molecule has 0 aliphatic heterocycles. The lowest BCUT2D eigenvalue weighted by atomic mass is 10.2. The number of hydrogen-bond donors (Lipinski definition) is 0. The van der Waals surface area contributed by atoms with Gasteiger partial charge in [-0.2, -0.15) is 0 Å². The number of carbonyl (C=O) groups excluding carboxylic acids is 1. The average molecular weight is 180 g/mol. The van der Waals surface area contributed by atoms with Gasteiger partial charge in [0.1, 0.15) is 6.61 Å². The van der Waals surface area contributed by atoms with E-state index in [0.29, 0.717) is 0 Å². The summed E-state index contributed by atoms with van der Waals surface area (Å²) in [5.74, 6) is 4.73. The van der Waals surface area contributed by atoms with Gasteiger partial charge >= 0.3 is 5.97 Å². The van der Waals surface area contributed by atoms with Gasteiger partial charge in [-0.25, -0.2) is 4.79 Å². The van der Waals surface area contributed by atoms with E-state index in [4.69, 9.17) is 0 Å². The van der Waals surface area contributed by atoms with Crippen molar-refractivity contribution in [3.05, 3.63) is 12.7 Å². The van der Waals surface area contributed by atoms with Crippen LogP contribution in [-0.2, 0) is 9.53 Å². The lowest BCUT2D eigenvalue weighted by molar-refractivity contribution is -0.135. The minimum Gasteiger partial charge on any atom is -0.452 e. The maximum Gasteiger partial charge on any atom is 0.384 e. The predicted molar refractivity (Wildman–Crippen MR) is 53.1 cm³/mol. The maximum absolute atomic E-state index is 10.8. The van der Waals surface area contributed by atoms with Crippen molar-refractivity contribution in [1.82, 2.24) is 0 Å². The standard InChI is InChI=1S/C11H16O2/c1-3-5-6-7-8-9-11(12)13-10-4-2/h4H,2-3,5-7,10H2,1H3. The molecule has 0 atom stereocenters. The van der Waals surface area contributed by atoms with E-state index in [-0.39, 0.29) is 6.61 Å². The van der Waals surface area contributed by atoms with Crippen molar-refractivity contribution >= 4 is 5.97 Å². The molecule has 2 nitrogen and oxygen atoms in total. The van der Waals surface area contributed by atoms with Crippen LogP contribution in [-0.4, -0.2) is 12.6 Å². The molecule has 0 aromatic carbocycles. The van der Waals surface area contributed by atoms with Gasteiger partial charge in [0.05, 0.1) is 0 Å². The molecule has 0 heterocycles. The van der Waals surface area contributed by atoms with Crippen LogP contribution in [0.25, 0.3) is 0 Å². The molecule has 0 aromatic heterocycles. The lowest BCUT2D eigenvalue weighted by Crippen LogP contribution is -2.00. The van der Waals surface area contributed by atoms with Crippen LogP contribution >= 0.6 is 0 Å². The Hall–Kier alpha value is -1.23. The Kier molecular flexibility index (Phi) is 8.02. The number of ether oxygens (including phenoxy) is 1. The molecule has 13 heavy (non-hydrogen) atoms. The second-order valence-electron chi connectivity index (χ2n) is 2.65. The van der Waals surface area contributed by atoms with Crippen LogP contribution in [0.2, 0.25) is 0 Å². The van der Waals surface area contributed by atoms with E-state index in [1.807, 2.05) is 0 Å². The van der Waals surface area contributed by atoms with E-state index in [1.165, 1.54) is 12.5 Å². The first kappa shape index (κ1) is 11.8. The summed E-state index contributed by atoms with van der Waals surface area (Å²) in [5, 5.41) is 0. The Morgan fingerprint density at radius 3 is 2.92 bits per heavy atom. The molecule has 0 saturated carbocycles. The molecule has 2 heteroatoms. The SMILES string of the molecule is C=CCOC(=O)C#CCCCCC. The molecule has 0 radical (unpaired) electrons. The molecule has 0 spiro atoms. The molecule has 0 N–H and O–H groups in total. The minimum absolute atomic E-state index is 0.239. The Labute approximate surface area is 80.0 Å². The van der Waals surface area contributed by atoms with Gasteiger partial charge < -0.3 is 4.74 Å². The van der Waals surface area contributed by atoms with E-state index in [1.54, 1.807) is 0 Å². The van der Waals surface area contributed by atoms with E-state index in [0.717, 1.165) is 19.3 Å². The second kappa shape index (κ2) is 8.86. The summed E-state index contributed by atoms with van der Waals surface area (Å²) in [7, 11) is 0. The molecule has 0 rings (SSSR count). The molecule has 0 aromatic rings. The van der Waals surface area contributed by atoms with E-state index < -0.39 is 5.97 Å². The summed E-state index contributed by atoms with van der Waals surface area (Å²) in [6, 6.07) is 0. The molecular weight excluding hydrogens is 164 g/mol. The third kappa shape index (κ3) is 8.68. The Bertz CT molecular complexity index is 208. The number of hydrogen-bond acceptors (Lipinski definition) is 2. The zero-order valence-electron chi connectivity index (χ0n) is 8.14. The molecule has 72 valence electrons. The Morgan fingerprint density at radius 1 is 1.54 bits per heavy atom. The summed E-state index contributed by atoms with van der Waals surface area (Å²) in [5.41, 5.74) is 0. The molecule has 0 saturated heterocycles. The van der Waals surface area contributed by atoms with Crippen molar-refractivity contribution in [2.45, 2.75) is 32.6 Å². The van der Waals surface area contributed by atoms with Crippen LogP contribution in [0.3, 0.4) is 0 Å².